The summed E-state index contributed by atoms with van der Waals surface area (Å²) in [7, 11) is 0. The van der Waals surface area contributed by atoms with Gasteiger partial charge in [0.2, 0.25) is 11.8 Å². The number of carbonyl (C=O) groups excluding carboxylic acids is 2. The second-order valence-electron chi connectivity index (χ2n) is 6.93. The van der Waals surface area contributed by atoms with Crippen LogP contribution < -0.4 is 5.32 Å². The number of benzene rings is 1. The van der Waals surface area contributed by atoms with Crippen LogP contribution in [0.3, 0.4) is 0 Å². The number of nitrogens with zero attached hydrogens (tertiary/aromatic N) is 1. The molecule has 4 heteroatoms. The van der Waals surface area contributed by atoms with Gasteiger partial charge in [-0.3, -0.25) is 9.59 Å². The first-order valence-electron chi connectivity index (χ1n) is 9.84. The maximum absolute atomic E-state index is 12.3. The fraction of sp³-hybridized carbons (Fsp3) is 0.619. The number of anilines is 1. The summed E-state index contributed by atoms with van der Waals surface area (Å²) in [5.41, 5.74) is 3.64. The smallest absolute Gasteiger partial charge is 0.224 e. The summed E-state index contributed by atoms with van der Waals surface area (Å²) in [5, 5.41) is 3.06. The Labute approximate surface area is 152 Å². The molecule has 0 saturated heterocycles. The number of fused-ring (bicyclic) bond motifs is 1. The summed E-state index contributed by atoms with van der Waals surface area (Å²) in [6, 6.07) is 6.19. The highest BCUT2D eigenvalue weighted by Gasteiger charge is 2.15. The van der Waals surface area contributed by atoms with E-state index < -0.39 is 0 Å². The third-order valence-electron chi connectivity index (χ3n) is 4.80. The van der Waals surface area contributed by atoms with Crippen molar-refractivity contribution in [2.45, 2.75) is 71.6 Å². The Bertz CT molecular complexity index is 577. The van der Waals surface area contributed by atoms with Crippen molar-refractivity contribution >= 4 is 17.5 Å². The number of carbonyl (C=O) groups is 2. The number of amides is 2. The van der Waals surface area contributed by atoms with Gasteiger partial charge < -0.3 is 10.2 Å². The predicted octanol–water partition coefficient (Wildman–Crippen LogP) is 4.32. The fourth-order valence-electron chi connectivity index (χ4n) is 3.57. The Morgan fingerprint density at radius 3 is 2.48 bits per heavy atom. The van der Waals surface area contributed by atoms with Gasteiger partial charge in [0.25, 0.3) is 0 Å². The SMILES string of the molecule is CCCN(CCC)C(=O)CCCC(=O)Nc1cccc2c1CCCC2. The summed E-state index contributed by atoms with van der Waals surface area (Å²) in [5.74, 6) is 0.192. The molecule has 1 aromatic rings. The molecule has 0 saturated carbocycles. The molecule has 25 heavy (non-hydrogen) atoms. The number of hydrogen-bond acceptors (Lipinski definition) is 2. The van der Waals surface area contributed by atoms with Crippen molar-refractivity contribution in [3.05, 3.63) is 29.3 Å². The minimum Gasteiger partial charge on any atom is -0.343 e. The van der Waals surface area contributed by atoms with E-state index in [1.165, 1.54) is 24.0 Å². The van der Waals surface area contributed by atoms with E-state index in [0.717, 1.165) is 44.5 Å². The van der Waals surface area contributed by atoms with Gasteiger partial charge in [0.1, 0.15) is 0 Å². The summed E-state index contributed by atoms with van der Waals surface area (Å²) in [6.45, 7) is 5.80. The lowest BCUT2D eigenvalue weighted by Crippen LogP contribution is -2.32. The normalized spacial score (nSPS) is 13.2. The van der Waals surface area contributed by atoms with Crippen LogP contribution in [0, 0.1) is 0 Å². The van der Waals surface area contributed by atoms with E-state index in [1.54, 1.807) is 0 Å². The molecule has 1 aromatic carbocycles. The predicted molar refractivity (Wildman–Crippen MR) is 103 cm³/mol. The lowest BCUT2D eigenvalue weighted by molar-refractivity contribution is -0.131. The van der Waals surface area contributed by atoms with Crippen LogP contribution in [0.1, 0.15) is 69.9 Å². The van der Waals surface area contributed by atoms with Crippen LogP contribution in [0.2, 0.25) is 0 Å². The summed E-state index contributed by atoms with van der Waals surface area (Å²) >= 11 is 0. The minimum atomic E-state index is 0.0179. The fourth-order valence-corrected chi connectivity index (χ4v) is 3.57. The highest BCUT2D eigenvalue weighted by atomic mass is 16.2. The molecule has 4 nitrogen and oxygen atoms in total. The van der Waals surface area contributed by atoms with Crippen molar-refractivity contribution in [2.24, 2.45) is 0 Å². The third kappa shape index (κ3) is 5.87. The first kappa shape index (κ1) is 19.5. The quantitative estimate of drug-likeness (QED) is 0.725. The number of aryl methyl sites for hydroxylation is 1. The summed E-state index contributed by atoms with van der Waals surface area (Å²) in [6.07, 6.45) is 8.02. The zero-order valence-electron chi connectivity index (χ0n) is 15.8. The van der Waals surface area contributed by atoms with Crippen molar-refractivity contribution in [3.63, 3.8) is 0 Å². The maximum atomic E-state index is 12.3. The van der Waals surface area contributed by atoms with Gasteiger partial charge >= 0.3 is 0 Å². The average Bonchev–Trinajstić information content (AvgIpc) is 2.62. The Morgan fingerprint density at radius 1 is 1.04 bits per heavy atom. The monoisotopic (exact) mass is 344 g/mol. The van der Waals surface area contributed by atoms with Gasteiger partial charge in [-0.1, -0.05) is 26.0 Å². The molecule has 138 valence electrons. The van der Waals surface area contributed by atoms with Crippen LogP contribution >= 0.6 is 0 Å². The molecule has 2 amide bonds. The Hall–Kier alpha value is -1.84. The minimum absolute atomic E-state index is 0.0179. The lowest BCUT2D eigenvalue weighted by Gasteiger charge is -2.21. The molecule has 0 unspecified atom stereocenters. The van der Waals surface area contributed by atoms with E-state index in [-0.39, 0.29) is 11.8 Å². The molecule has 0 radical (unpaired) electrons. The molecular formula is C21H32N2O2. The Balaban J connectivity index is 1.80. The Morgan fingerprint density at radius 2 is 1.76 bits per heavy atom. The second kappa shape index (κ2) is 10.2. The largest absolute Gasteiger partial charge is 0.343 e. The van der Waals surface area contributed by atoms with Crippen LogP contribution in [0.15, 0.2) is 18.2 Å². The first-order valence-corrected chi connectivity index (χ1v) is 9.84. The van der Waals surface area contributed by atoms with Gasteiger partial charge in [-0.05, 0) is 62.1 Å². The molecule has 2 rings (SSSR count). The number of rotatable bonds is 9. The first-order chi connectivity index (χ1) is 12.2. The van der Waals surface area contributed by atoms with Crippen LogP contribution in [0.25, 0.3) is 0 Å². The zero-order chi connectivity index (χ0) is 18.1. The Kier molecular flexibility index (Phi) is 7.96. The highest BCUT2D eigenvalue weighted by molar-refractivity contribution is 5.92. The maximum Gasteiger partial charge on any atom is 0.224 e. The van der Waals surface area contributed by atoms with Crippen LogP contribution in [0.4, 0.5) is 5.69 Å². The number of hydrogen-bond donors (Lipinski definition) is 1. The van der Waals surface area contributed by atoms with Gasteiger partial charge in [-0.25, -0.2) is 0 Å². The molecule has 0 fully saturated rings. The van der Waals surface area contributed by atoms with Crippen LogP contribution in [-0.2, 0) is 22.4 Å². The molecule has 0 spiro atoms. The summed E-state index contributed by atoms with van der Waals surface area (Å²) in [4.78, 5) is 26.4. The highest BCUT2D eigenvalue weighted by Crippen LogP contribution is 2.28. The standard InChI is InChI=1S/C21H32N2O2/c1-3-15-23(16-4-2)21(25)14-8-13-20(24)22-19-12-7-10-17-9-5-6-11-18(17)19/h7,10,12H,3-6,8-9,11,13-16H2,1-2H3,(H,22,24). The molecule has 1 aliphatic carbocycles. The molecule has 0 bridgehead atoms. The number of nitrogens with one attached hydrogen (secondary N) is 1. The van der Waals surface area contributed by atoms with E-state index in [9.17, 15) is 9.59 Å². The lowest BCUT2D eigenvalue weighted by atomic mass is 9.90. The summed E-state index contributed by atoms with van der Waals surface area (Å²) < 4.78 is 0. The molecule has 1 aliphatic rings. The van der Waals surface area contributed by atoms with Crippen molar-refractivity contribution in [3.8, 4) is 0 Å². The van der Waals surface area contributed by atoms with Gasteiger partial charge in [0, 0.05) is 31.6 Å². The van der Waals surface area contributed by atoms with Crippen molar-refractivity contribution in [2.75, 3.05) is 18.4 Å². The van der Waals surface area contributed by atoms with E-state index >= 15 is 0 Å². The van der Waals surface area contributed by atoms with E-state index in [4.69, 9.17) is 0 Å². The zero-order valence-corrected chi connectivity index (χ0v) is 15.8. The third-order valence-corrected chi connectivity index (χ3v) is 4.80. The van der Waals surface area contributed by atoms with E-state index in [2.05, 4.69) is 25.2 Å². The second-order valence-corrected chi connectivity index (χ2v) is 6.93. The van der Waals surface area contributed by atoms with Crippen molar-refractivity contribution in [1.82, 2.24) is 4.90 Å². The molecule has 0 atom stereocenters. The van der Waals surface area contributed by atoms with E-state index in [0.29, 0.717) is 19.3 Å². The average molecular weight is 344 g/mol. The van der Waals surface area contributed by atoms with Gasteiger partial charge in [0.15, 0.2) is 0 Å². The topological polar surface area (TPSA) is 49.4 Å². The molecular weight excluding hydrogens is 312 g/mol. The van der Waals surface area contributed by atoms with Gasteiger partial charge in [0.05, 0.1) is 0 Å². The molecule has 0 heterocycles. The van der Waals surface area contributed by atoms with Gasteiger partial charge in [-0.2, -0.15) is 0 Å². The van der Waals surface area contributed by atoms with Crippen LogP contribution in [-0.4, -0.2) is 29.8 Å². The van der Waals surface area contributed by atoms with E-state index in [1.807, 2.05) is 17.0 Å². The molecule has 1 N–H and O–H groups in total. The van der Waals surface area contributed by atoms with Crippen LogP contribution in [0.5, 0.6) is 0 Å². The van der Waals surface area contributed by atoms with Gasteiger partial charge in [-0.15, -0.1) is 0 Å². The molecule has 0 aliphatic heterocycles. The molecule has 0 aromatic heterocycles. The van der Waals surface area contributed by atoms with Crippen molar-refractivity contribution in [1.29, 1.82) is 0 Å². The van der Waals surface area contributed by atoms with Crippen molar-refractivity contribution < 1.29 is 9.59 Å².